The van der Waals surface area contributed by atoms with Crippen molar-refractivity contribution in [3.8, 4) is 0 Å². The summed E-state index contributed by atoms with van der Waals surface area (Å²) in [5.74, 6) is -2.07. The Bertz CT molecular complexity index is 855. The van der Waals surface area contributed by atoms with Gasteiger partial charge in [-0.25, -0.2) is 4.79 Å². The molecule has 0 spiro atoms. The highest BCUT2D eigenvalue weighted by atomic mass is 32.2. The zero-order valence-corrected chi connectivity index (χ0v) is 22.9. The fourth-order valence-corrected chi connectivity index (χ4v) is 4.19. The summed E-state index contributed by atoms with van der Waals surface area (Å²) in [6.45, 7) is 4.24. The van der Waals surface area contributed by atoms with Crippen LogP contribution >= 0.6 is 11.8 Å². The number of nitrogens with one attached hydrogen (secondary N) is 3. The molecule has 10 nitrogen and oxygen atoms in total. The molecule has 11 heteroatoms. The lowest BCUT2D eigenvalue weighted by Gasteiger charge is -2.25. The highest BCUT2D eigenvalue weighted by molar-refractivity contribution is 7.98. The molecule has 0 fully saturated rings. The standard InChI is InChI=1S/C26H43N5O5S/c1-17(2)15-22(26(35)36)31-24(33)20(12-14-37-3)29-25(34)21(16-18-9-5-4-6-10-18)30-23(32)19(28)11-7-8-13-27/h4-6,9-10,17,19-22H,7-8,11-16,27-28H2,1-3H3,(H,29,34)(H,30,32)(H,31,33)(H,35,36). The van der Waals surface area contributed by atoms with E-state index in [-0.39, 0.29) is 18.8 Å². The average molecular weight is 538 g/mol. The minimum absolute atomic E-state index is 0.0557. The quantitative estimate of drug-likeness (QED) is 0.150. The second-order valence-electron chi connectivity index (χ2n) is 9.51. The Balaban J connectivity index is 3.04. The molecule has 8 N–H and O–H groups in total. The fraction of sp³-hybridized carbons (Fsp3) is 0.615. The SMILES string of the molecule is CSCCC(NC(=O)C(Cc1ccccc1)NC(=O)C(N)CCCCN)C(=O)NC(CC(C)C)C(=O)O. The van der Waals surface area contributed by atoms with E-state index < -0.39 is 47.9 Å². The Kier molecular flexibility index (Phi) is 15.6. The number of carbonyl (C=O) groups excluding carboxylic acids is 3. The number of carbonyl (C=O) groups is 4. The van der Waals surface area contributed by atoms with E-state index in [4.69, 9.17) is 11.5 Å². The molecular formula is C26H43N5O5S. The number of thioether (sulfide) groups is 1. The van der Waals surface area contributed by atoms with Gasteiger partial charge < -0.3 is 32.5 Å². The number of hydrogen-bond acceptors (Lipinski definition) is 7. The van der Waals surface area contributed by atoms with Crippen molar-refractivity contribution in [2.75, 3.05) is 18.6 Å². The van der Waals surface area contributed by atoms with Gasteiger partial charge in [-0.3, -0.25) is 14.4 Å². The number of carboxylic acid groups (broad SMARTS) is 1. The van der Waals surface area contributed by atoms with Crippen LogP contribution in [0.5, 0.6) is 0 Å². The number of rotatable bonds is 18. The average Bonchev–Trinajstić information content (AvgIpc) is 2.85. The van der Waals surface area contributed by atoms with E-state index in [2.05, 4.69) is 16.0 Å². The van der Waals surface area contributed by atoms with E-state index in [0.29, 0.717) is 31.6 Å². The minimum atomic E-state index is -1.13. The third kappa shape index (κ3) is 12.9. The van der Waals surface area contributed by atoms with Crippen LogP contribution in [0.1, 0.15) is 51.5 Å². The van der Waals surface area contributed by atoms with Crippen molar-refractivity contribution < 1.29 is 24.3 Å². The molecule has 0 aliphatic rings. The number of unbranched alkanes of at least 4 members (excludes halogenated alkanes) is 1. The van der Waals surface area contributed by atoms with Crippen molar-refractivity contribution in [1.29, 1.82) is 0 Å². The van der Waals surface area contributed by atoms with Gasteiger partial charge in [-0.05, 0) is 55.7 Å². The van der Waals surface area contributed by atoms with Gasteiger partial charge in [-0.1, -0.05) is 50.6 Å². The summed E-state index contributed by atoms with van der Waals surface area (Å²) in [4.78, 5) is 50.8. The lowest BCUT2D eigenvalue weighted by Crippen LogP contribution is -2.57. The third-order valence-corrected chi connectivity index (χ3v) is 6.43. The van der Waals surface area contributed by atoms with E-state index in [9.17, 15) is 24.3 Å². The van der Waals surface area contributed by atoms with Crippen molar-refractivity contribution in [3.05, 3.63) is 35.9 Å². The summed E-state index contributed by atoms with van der Waals surface area (Å²) in [6.07, 6.45) is 4.52. The summed E-state index contributed by atoms with van der Waals surface area (Å²) in [7, 11) is 0. The molecule has 0 aromatic heterocycles. The summed E-state index contributed by atoms with van der Waals surface area (Å²) in [6, 6.07) is 5.43. The van der Waals surface area contributed by atoms with Crippen LogP contribution in [0.25, 0.3) is 0 Å². The molecule has 0 bridgehead atoms. The van der Waals surface area contributed by atoms with Gasteiger partial charge in [0.15, 0.2) is 0 Å². The Labute approximate surface area is 224 Å². The van der Waals surface area contributed by atoms with E-state index in [1.807, 2.05) is 50.4 Å². The van der Waals surface area contributed by atoms with E-state index >= 15 is 0 Å². The van der Waals surface area contributed by atoms with Crippen LogP contribution in [0.15, 0.2) is 30.3 Å². The molecule has 0 saturated heterocycles. The maximum atomic E-state index is 13.4. The van der Waals surface area contributed by atoms with Crippen LogP contribution in [0.2, 0.25) is 0 Å². The monoisotopic (exact) mass is 537 g/mol. The summed E-state index contributed by atoms with van der Waals surface area (Å²) in [5.41, 5.74) is 12.4. The molecule has 208 valence electrons. The normalized spacial score (nSPS) is 14.3. The fourth-order valence-electron chi connectivity index (χ4n) is 3.72. The van der Waals surface area contributed by atoms with Gasteiger partial charge in [0.1, 0.15) is 18.1 Å². The molecule has 0 heterocycles. The maximum absolute atomic E-state index is 13.4. The van der Waals surface area contributed by atoms with Gasteiger partial charge >= 0.3 is 5.97 Å². The van der Waals surface area contributed by atoms with Crippen molar-refractivity contribution >= 4 is 35.5 Å². The maximum Gasteiger partial charge on any atom is 0.326 e. The number of carboxylic acids is 1. The van der Waals surface area contributed by atoms with Crippen molar-refractivity contribution in [2.24, 2.45) is 17.4 Å². The van der Waals surface area contributed by atoms with E-state index in [0.717, 1.165) is 12.0 Å². The van der Waals surface area contributed by atoms with Gasteiger partial charge in [-0.15, -0.1) is 0 Å². The Morgan fingerprint density at radius 3 is 2.05 bits per heavy atom. The van der Waals surface area contributed by atoms with E-state index in [1.54, 1.807) is 0 Å². The van der Waals surface area contributed by atoms with Crippen molar-refractivity contribution in [3.63, 3.8) is 0 Å². The molecule has 0 radical (unpaired) electrons. The second-order valence-corrected chi connectivity index (χ2v) is 10.5. The largest absolute Gasteiger partial charge is 0.480 e. The molecule has 37 heavy (non-hydrogen) atoms. The molecule has 0 aliphatic heterocycles. The first kappa shape index (κ1) is 32.4. The molecule has 4 atom stereocenters. The summed E-state index contributed by atoms with van der Waals surface area (Å²) in [5, 5.41) is 17.6. The topological polar surface area (TPSA) is 177 Å². The Morgan fingerprint density at radius 2 is 1.49 bits per heavy atom. The number of hydrogen-bond donors (Lipinski definition) is 6. The zero-order valence-electron chi connectivity index (χ0n) is 22.1. The van der Waals surface area contributed by atoms with Gasteiger partial charge in [0.2, 0.25) is 17.7 Å². The minimum Gasteiger partial charge on any atom is -0.480 e. The van der Waals surface area contributed by atoms with Gasteiger partial charge in [-0.2, -0.15) is 11.8 Å². The smallest absolute Gasteiger partial charge is 0.326 e. The molecule has 0 aliphatic carbocycles. The first-order valence-electron chi connectivity index (χ1n) is 12.7. The first-order valence-corrected chi connectivity index (χ1v) is 14.1. The van der Waals surface area contributed by atoms with Crippen LogP contribution in [0, 0.1) is 5.92 Å². The molecule has 3 amide bonds. The zero-order chi connectivity index (χ0) is 27.8. The number of aliphatic carboxylic acids is 1. The highest BCUT2D eigenvalue weighted by Gasteiger charge is 2.30. The van der Waals surface area contributed by atoms with Crippen LogP contribution in [0.3, 0.4) is 0 Å². The van der Waals surface area contributed by atoms with Gasteiger partial charge in [0.25, 0.3) is 0 Å². The molecule has 1 rings (SSSR count). The second kappa shape index (κ2) is 17.8. The molecule has 0 saturated carbocycles. The Hall–Kier alpha value is -2.63. The number of nitrogens with two attached hydrogens (primary N) is 2. The summed E-state index contributed by atoms with van der Waals surface area (Å²) >= 11 is 1.50. The Morgan fingerprint density at radius 1 is 0.892 bits per heavy atom. The lowest BCUT2D eigenvalue weighted by molar-refractivity contribution is -0.142. The third-order valence-electron chi connectivity index (χ3n) is 5.79. The van der Waals surface area contributed by atoms with Crippen LogP contribution < -0.4 is 27.4 Å². The highest BCUT2D eigenvalue weighted by Crippen LogP contribution is 2.09. The predicted molar refractivity (Wildman–Crippen MR) is 147 cm³/mol. The molecular weight excluding hydrogens is 494 g/mol. The number of benzene rings is 1. The van der Waals surface area contributed by atoms with Crippen LogP contribution in [-0.4, -0.2) is 71.5 Å². The molecule has 1 aromatic rings. The van der Waals surface area contributed by atoms with Gasteiger partial charge in [0.05, 0.1) is 6.04 Å². The number of amides is 3. The molecule has 4 unspecified atom stereocenters. The van der Waals surface area contributed by atoms with Crippen molar-refractivity contribution in [1.82, 2.24) is 16.0 Å². The predicted octanol–water partition coefficient (Wildman–Crippen LogP) is 1.02. The molecule has 1 aromatic carbocycles. The van der Waals surface area contributed by atoms with E-state index in [1.165, 1.54) is 11.8 Å². The summed E-state index contributed by atoms with van der Waals surface area (Å²) < 4.78 is 0. The van der Waals surface area contributed by atoms with Crippen molar-refractivity contribution in [2.45, 2.75) is 76.5 Å². The first-order chi connectivity index (χ1) is 17.6. The van der Waals surface area contributed by atoms with Gasteiger partial charge in [0, 0.05) is 6.42 Å². The lowest BCUT2D eigenvalue weighted by atomic mass is 10.0. The van der Waals surface area contributed by atoms with Crippen LogP contribution in [-0.2, 0) is 25.6 Å². The van der Waals surface area contributed by atoms with Crippen LogP contribution in [0.4, 0.5) is 0 Å².